The summed E-state index contributed by atoms with van der Waals surface area (Å²) in [6.07, 6.45) is -4.09. The average Bonchev–Trinajstić information content (AvgIpc) is 2.54. The first-order valence-electron chi connectivity index (χ1n) is 7.11. The molecule has 2 N–H and O–H groups in total. The second kappa shape index (κ2) is 7.20. The molecular weight excluding hydrogens is 339 g/mol. The molecule has 9 heteroatoms. The Morgan fingerprint density at radius 1 is 1.08 bits per heavy atom. The normalized spacial score (nSPS) is 11.0. The highest BCUT2D eigenvalue weighted by Crippen LogP contribution is 2.27. The van der Waals surface area contributed by atoms with Crippen LogP contribution in [0.5, 0.6) is 0 Å². The molecule has 0 radical (unpaired) electrons. The number of carbonyl (C=O) groups excluding carboxylic acids is 2. The smallest absolute Gasteiger partial charge is 0.305 e. The number of benzene rings is 1. The van der Waals surface area contributed by atoms with Gasteiger partial charge >= 0.3 is 6.18 Å². The Kier molecular flexibility index (Phi) is 5.26. The third kappa shape index (κ3) is 4.69. The van der Waals surface area contributed by atoms with Crippen LogP contribution >= 0.6 is 0 Å². The lowest BCUT2D eigenvalue weighted by molar-refractivity contribution is -0.138. The van der Waals surface area contributed by atoms with Crippen molar-refractivity contribution in [3.63, 3.8) is 0 Å². The minimum absolute atomic E-state index is 0.332. The fourth-order valence-electron chi connectivity index (χ4n) is 2.04. The van der Waals surface area contributed by atoms with E-state index in [2.05, 4.69) is 10.9 Å². The highest BCUT2D eigenvalue weighted by molar-refractivity contribution is 5.96. The molecule has 0 aliphatic heterocycles. The van der Waals surface area contributed by atoms with Gasteiger partial charge in [-0.05, 0) is 24.6 Å². The summed E-state index contributed by atoms with van der Waals surface area (Å²) in [7, 11) is 0. The van der Waals surface area contributed by atoms with Gasteiger partial charge in [0.1, 0.15) is 6.54 Å². The first-order chi connectivity index (χ1) is 11.7. The van der Waals surface area contributed by atoms with E-state index in [1.165, 1.54) is 0 Å². The lowest BCUT2D eigenvalue weighted by atomic mass is 10.1. The number of halogens is 3. The van der Waals surface area contributed by atoms with Crippen molar-refractivity contribution in [1.29, 1.82) is 0 Å². The SMILES string of the molecule is Cc1ccccc1C(=O)NNC(=O)Cn1cc(C(F)(F)F)ccc1=O. The summed E-state index contributed by atoms with van der Waals surface area (Å²) in [5.41, 5.74) is 3.40. The fourth-order valence-corrected chi connectivity index (χ4v) is 2.04. The Labute approximate surface area is 140 Å². The van der Waals surface area contributed by atoms with Crippen LogP contribution < -0.4 is 16.4 Å². The standard InChI is InChI=1S/C16H14F3N3O3/c1-10-4-2-3-5-12(10)15(25)21-20-13(23)9-22-8-11(16(17,18)19)6-7-14(22)24/h2-8H,9H2,1H3,(H,20,23)(H,21,25). The molecule has 1 aromatic heterocycles. The first-order valence-corrected chi connectivity index (χ1v) is 7.11. The van der Waals surface area contributed by atoms with Gasteiger partial charge in [-0.3, -0.25) is 25.2 Å². The Bertz CT molecular complexity index is 859. The van der Waals surface area contributed by atoms with Crippen molar-refractivity contribution in [2.24, 2.45) is 0 Å². The number of pyridine rings is 1. The number of hydrogen-bond acceptors (Lipinski definition) is 3. The van der Waals surface area contributed by atoms with Crippen molar-refractivity contribution < 1.29 is 22.8 Å². The number of rotatable bonds is 3. The van der Waals surface area contributed by atoms with E-state index in [9.17, 15) is 27.6 Å². The zero-order valence-corrected chi connectivity index (χ0v) is 13.1. The van der Waals surface area contributed by atoms with Gasteiger partial charge < -0.3 is 4.57 Å². The number of aromatic nitrogens is 1. The van der Waals surface area contributed by atoms with Gasteiger partial charge in [-0.1, -0.05) is 18.2 Å². The van der Waals surface area contributed by atoms with Crippen molar-refractivity contribution in [3.8, 4) is 0 Å². The predicted molar refractivity (Wildman–Crippen MR) is 82.5 cm³/mol. The van der Waals surface area contributed by atoms with Crippen molar-refractivity contribution in [2.75, 3.05) is 0 Å². The molecule has 2 aromatic rings. The van der Waals surface area contributed by atoms with Gasteiger partial charge in [0.15, 0.2) is 0 Å². The quantitative estimate of drug-likeness (QED) is 0.824. The Hall–Kier alpha value is -3.10. The zero-order chi connectivity index (χ0) is 18.6. The molecule has 0 aliphatic rings. The van der Waals surface area contributed by atoms with Gasteiger partial charge in [0, 0.05) is 17.8 Å². The molecule has 0 unspecified atom stereocenters. The highest BCUT2D eigenvalue weighted by Gasteiger charge is 2.31. The number of hydrazine groups is 1. The van der Waals surface area contributed by atoms with Crippen molar-refractivity contribution >= 4 is 11.8 Å². The van der Waals surface area contributed by atoms with Crippen LogP contribution in [0.1, 0.15) is 21.5 Å². The van der Waals surface area contributed by atoms with Gasteiger partial charge in [-0.2, -0.15) is 13.2 Å². The zero-order valence-electron chi connectivity index (χ0n) is 13.1. The van der Waals surface area contributed by atoms with Crippen LogP contribution in [0.2, 0.25) is 0 Å². The minimum Gasteiger partial charge on any atom is -0.305 e. The van der Waals surface area contributed by atoms with Crippen LogP contribution in [0.4, 0.5) is 13.2 Å². The second-order valence-corrected chi connectivity index (χ2v) is 5.20. The van der Waals surface area contributed by atoms with E-state index in [0.29, 0.717) is 28.0 Å². The summed E-state index contributed by atoms with van der Waals surface area (Å²) in [6, 6.07) is 8.00. The van der Waals surface area contributed by atoms with Crippen LogP contribution in [-0.4, -0.2) is 16.4 Å². The maximum Gasteiger partial charge on any atom is 0.417 e. The van der Waals surface area contributed by atoms with E-state index in [1.807, 2.05) is 0 Å². The number of alkyl halides is 3. The summed E-state index contributed by atoms with van der Waals surface area (Å²) in [4.78, 5) is 35.3. The number of nitrogens with one attached hydrogen (secondary N) is 2. The molecule has 2 rings (SSSR count). The summed E-state index contributed by atoms with van der Waals surface area (Å²) >= 11 is 0. The number of aryl methyl sites for hydroxylation is 1. The summed E-state index contributed by atoms with van der Waals surface area (Å²) in [6.45, 7) is 1.04. The number of amides is 2. The molecule has 1 heterocycles. The van der Waals surface area contributed by atoms with Gasteiger partial charge in [0.05, 0.1) is 5.56 Å². The lowest BCUT2D eigenvalue weighted by Gasteiger charge is -2.12. The van der Waals surface area contributed by atoms with E-state index in [-0.39, 0.29) is 0 Å². The van der Waals surface area contributed by atoms with Crippen LogP contribution in [0.15, 0.2) is 47.4 Å². The van der Waals surface area contributed by atoms with E-state index in [1.54, 1.807) is 31.2 Å². The molecule has 1 aromatic carbocycles. The van der Waals surface area contributed by atoms with Gasteiger partial charge in [-0.25, -0.2) is 0 Å². The topological polar surface area (TPSA) is 80.2 Å². The maximum atomic E-state index is 12.6. The van der Waals surface area contributed by atoms with Crippen molar-refractivity contribution in [2.45, 2.75) is 19.6 Å². The average molecular weight is 353 g/mol. The molecule has 0 atom stereocenters. The molecule has 6 nitrogen and oxygen atoms in total. The molecule has 132 valence electrons. The van der Waals surface area contributed by atoms with Gasteiger partial charge in [-0.15, -0.1) is 0 Å². The fraction of sp³-hybridized carbons (Fsp3) is 0.188. The Balaban J connectivity index is 2.02. The van der Waals surface area contributed by atoms with Crippen molar-refractivity contribution in [1.82, 2.24) is 15.4 Å². The van der Waals surface area contributed by atoms with Crippen molar-refractivity contribution in [3.05, 3.63) is 69.6 Å². The Morgan fingerprint density at radius 3 is 2.40 bits per heavy atom. The molecule has 0 saturated carbocycles. The van der Waals surface area contributed by atoms with Crippen LogP contribution in [0.25, 0.3) is 0 Å². The predicted octanol–water partition coefficient (Wildman–Crippen LogP) is 1.64. The molecule has 25 heavy (non-hydrogen) atoms. The summed E-state index contributed by atoms with van der Waals surface area (Å²) in [5, 5.41) is 0. The number of nitrogens with zero attached hydrogens (tertiary/aromatic N) is 1. The number of hydrogen-bond donors (Lipinski definition) is 2. The van der Waals surface area contributed by atoms with E-state index in [0.717, 1.165) is 6.07 Å². The molecule has 0 aliphatic carbocycles. The van der Waals surface area contributed by atoms with Gasteiger partial charge in [0.25, 0.3) is 17.4 Å². The largest absolute Gasteiger partial charge is 0.417 e. The van der Waals surface area contributed by atoms with E-state index >= 15 is 0 Å². The molecule has 2 amide bonds. The molecular formula is C16H14F3N3O3. The number of carbonyl (C=O) groups is 2. The minimum atomic E-state index is -4.63. The lowest BCUT2D eigenvalue weighted by Crippen LogP contribution is -2.44. The summed E-state index contributed by atoms with van der Waals surface area (Å²) in [5.74, 6) is -1.42. The first kappa shape index (κ1) is 18.2. The summed E-state index contributed by atoms with van der Waals surface area (Å²) < 4.78 is 38.5. The maximum absolute atomic E-state index is 12.6. The third-order valence-electron chi connectivity index (χ3n) is 3.33. The Morgan fingerprint density at radius 2 is 1.76 bits per heavy atom. The molecule has 0 fully saturated rings. The van der Waals surface area contributed by atoms with Crippen LogP contribution in [-0.2, 0) is 17.5 Å². The van der Waals surface area contributed by atoms with Crippen LogP contribution in [0.3, 0.4) is 0 Å². The molecule has 0 bridgehead atoms. The highest BCUT2D eigenvalue weighted by atomic mass is 19.4. The van der Waals surface area contributed by atoms with E-state index in [4.69, 9.17) is 0 Å². The molecule has 0 saturated heterocycles. The third-order valence-corrected chi connectivity index (χ3v) is 3.33. The second-order valence-electron chi connectivity index (χ2n) is 5.20. The van der Waals surface area contributed by atoms with E-state index < -0.39 is 35.7 Å². The van der Waals surface area contributed by atoms with Gasteiger partial charge in [0.2, 0.25) is 0 Å². The molecule has 0 spiro atoms. The van der Waals surface area contributed by atoms with Crippen LogP contribution in [0, 0.1) is 6.92 Å². The monoisotopic (exact) mass is 353 g/mol.